The molecule has 0 N–H and O–H groups in total. The Morgan fingerprint density at radius 3 is 2.70 bits per heavy atom. The summed E-state index contributed by atoms with van der Waals surface area (Å²) in [6.45, 7) is 0. The summed E-state index contributed by atoms with van der Waals surface area (Å²) in [5.74, 6) is 1.61. The Labute approximate surface area is 134 Å². The van der Waals surface area contributed by atoms with Crippen molar-refractivity contribution in [2.24, 2.45) is 0 Å². The highest BCUT2D eigenvalue weighted by Crippen LogP contribution is 2.32. The maximum absolute atomic E-state index is 6.06. The molecule has 0 radical (unpaired) electrons. The second-order valence-electron chi connectivity index (χ2n) is 4.32. The minimum absolute atomic E-state index is 0.736. The molecule has 2 aromatic carbocycles. The van der Waals surface area contributed by atoms with E-state index in [1.807, 2.05) is 48.5 Å². The van der Waals surface area contributed by atoms with Gasteiger partial charge in [0.1, 0.15) is 11.3 Å². The molecule has 0 unspecified atom stereocenters. The van der Waals surface area contributed by atoms with E-state index in [2.05, 4.69) is 36.8 Å². The lowest BCUT2D eigenvalue weighted by Gasteiger charge is -2.11. The Balaban J connectivity index is 2.05. The molecule has 0 aliphatic carbocycles. The lowest BCUT2D eigenvalue weighted by atomic mass is 10.2. The van der Waals surface area contributed by atoms with Gasteiger partial charge in [-0.25, -0.2) is 0 Å². The van der Waals surface area contributed by atoms with Crippen LogP contribution < -0.4 is 4.74 Å². The average molecular weight is 393 g/mol. The number of alkyl halides is 1. The van der Waals surface area contributed by atoms with Crippen LogP contribution in [-0.2, 0) is 5.33 Å². The molecule has 0 saturated heterocycles. The molecule has 0 saturated carbocycles. The van der Waals surface area contributed by atoms with Crippen molar-refractivity contribution >= 4 is 42.8 Å². The number of benzene rings is 2. The number of hydrogen-bond donors (Lipinski definition) is 0. The minimum atomic E-state index is 0.736. The number of ether oxygens (including phenoxy) is 1. The van der Waals surface area contributed by atoms with Crippen LogP contribution in [0.15, 0.2) is 59.2 Å². The van der Waals surface area contributed by atoms with Crippen LogP contribution in [0, 0.1) is 0 Å². The van der Waals surface area contributed by atoms with Crippen LogP contribution in [0.2, 0.25) is 0 Å². The zero-order valence-electron chi connectivity index (χ0n) is 10.5. The Kier molecular flexibility index (Phi) is 4.03. The van der Waals surface area contributed by atoms with Crippen LogP contribution in [0.5, 0.6) is 11.5 Å². The van der Waals surface area contributed by atoms with E-state index in [4.69, 9.17) is 4.74 Å². The van der Waals surface area contributed by atoms with Gasteiger partial charge < -0.3 is 4.74 Å². The zero-order valence-corrected chi connectivity index (χ0v) is 13.7. The Hall–Kier alpha value is -1.39. The van der Waals surface area contributed by atoms with Gasteiger partial charge in [-0.3, -0.25) is 4.98 Å². The molecule has 2 nitrogen and oxygen atoms in total. The number of fused-ring (bicyclic) bond motifs is 1. The zero-order chi connectivity index (χ0) is 13.9. The summed E-state index contributed by atoms with van der Waals surface area (Å²) in [5, 5.41) is 1.81. The summed E-state index contributed by atoms with van der Waals surface area (Å²) < 4.78 is 7.09. The first kappa shape index (κ1) is 13.6. The van der Waals surface area contributed by atoms with E-state index >= 15 is 0 Å². The van der Waals surface area contributed by atoms with E-state index in [1.165, 1.54) is 0 Å². The van der Waals surface area contributed by atoms with Crippen molar-refractivity contribution in [3.05, 3.63) is 64.8 Å². The van der Waals surface area contributed by atoms with Crippen molar-refractivity contribution in [1.82, 2.24) is 4.98 Å². The fraction of sp³-hybridized carbons (Fsp3) is 0.0625. The van der Waals surface area contributed by atoms with Crippen molar-refractivity contribution in [2.45, 2.75) is 5.33 Å². The number of rotatable bonds is 3. The number of nitrogens with zero attached hydrogens (tertiary/aromatic N) is 1. The summed E-state index contributed by atoms with van der Waals surface area (Å²) in [4.78, 5) is 4.40. The Bertz CT molecular complexity index is 753. The van der Waals surface area contributed by atoms with Crippen molar-refractivity contribution < 1.29 is 4.74 Å². The van der Waals surface area contributed by atoms with Crippen LogP contribution in [0.1, 0.15) is 5.56 Å². The van der Waals surface area contributed by atoms with Gasteiger partial charge in [-0.1, -0.05) is 50.1 Å². The first-order valence-corrected chi connectivity index (χ1v) is 8.05. The maximum atomic E-state index is 6.06. The predicted octanol–water partition coefficient (Wildman–Crippen LogP) is 5.68. The third-order valence-corrected chi connectivity index (χ3v) is 4.08. The van der Waals surface area contributed by atoms with Crippen molar-refractivity contribution in [3.63, 3.8) is 0 Å². The van der Waals surface area contributed by atoms with Gasteiger partial charge >= 0.3 is 0 Å². The molecule has 0 amide bonds. The second-order valence-corrected chi connectivity index (χ2v) is 5.80. The van der Waals surface area contributed by atoms with E-state index in [-0.39, 0.29) is 0 Å². The summed E-state index contributed by atoms with van der Waals surface area (Å²) >= 11 is 6.96. The molecule has 0 aliphatic rings. The first-order valence-electron chi connectivity index (χ1n) is 6.14. The Morgan fingerprint density at radius 1 is 1.00 bits per heavy atom. The number of para-hydroxylation sites is 1. The molecule has 1 aromatic heterocycles. The molecule has 0 bridgehead atoms. The van der Waals surface area contributed by atoms with Crippen molar-refractivity contribution in [2.75, 3.05) is 0 Å². The largest absolute Gasteiger partial charge is 0.455 e. The van der Waals surface area contributed by atoms with Crippen molar-refractivity contribution in [3.8, 4) is 11.5 Å². The summed E-state index contributed by atoms with van der Waals surface area (Å²) in [7, 11) is 0. The number of aromatic nitrogens is 1. The van der Waals surface area contributed by atoms with Gasteiger partial charge in [0.15, 0.2) is 5.75 Å². The molecule has 0 atom stereocenters. The standard InChI is InChI=1S/C16H11Br2NO/c17-10-12-9-13(18)6-7-14(12)20-15-5-1-3-11-4-2-8-19-16(11)15/h1-9H,10H2. The van der Waals surface area contributed by atoms with Gasteiger partial charge in [-0.2, -0.15) is 0 Å². The van der Waals surface area contributed by atoms with E-state index in [0.717, 1.165) is 37.8 Å². The van der Waals surface area contributed by atoms with E-state index in [1.54, 1.807) is 6.20 Å². The third kappa shape index (κ3) is 2.72. The third-order valence-electron chi connectivity index (χ3n) is 2.98. The molecule has 0 spiro atoms. The average Bonchev–Trinajstić information content (AvgIpc) is 2.49. The van der Waals surface area contributed by atoms with Crippen LogP contribution in [-0.4, -0.2) is 4.98 Å². The minimum Gasteiger partial charge on any atom is -0.455 e. The van der Waals surface area contributed by atoms with Gasteiger partial charge in [-0.15, -0.1) is 0 Å². The van der Waals surface area contributed by atoms with Crippen LogP contribution in [0.25, 0.3) is 10.9 Å². The molecule has 0 aliphatic heterocycles. The summed E-state index contributed by atoms with van der Waals surface area (Å²) in [6.07, 6.45) is 1.78. The van der Waals surface area contributed by atoms with E-state index in [9.17, 15) is 0 Å². The number of halogens is 2. The van der Waals surface area contributed by atoms with Gasteiger partial charge in [0.2, 0.25) is 0 Å². The summed E-state index contributed by atoms with van der Waals surface area (Å²) in [6, 6.07) is 15.9. The van der Waals surface area contributed by atoms with Crippen molar-refractivity contribution in [1.29, 1.82) is 0 Å². The van der Waals surface area contributed by atoms with Crippen LogP contribution in [0.4, 0.5) is 0 Å². The van der Waals surface area contributed by atoms with Crippen LogP contribution in [0.3, 0.4) is 0 Å². The lowest BCUT2D eigenvalue weighted by Crippen LogP contribution is -1.91. The smallest absolute Gasteiger partial charge is 0.153 e. The normalized spacial score (nSPS) is 10.7. The molecule has 100 valence electrons. The highest BCUT2D eigenvalue weighted by atomic mass is 79.9. The molecule has 3 rings (SSSR count). The van der Waals surface area contributed by atoms with Crippen LogP contribution >= 0.6 is 31.9 Å². The highest BCUT2D eigenvalue weighted by molar-refractivity contribution is 9.10. The maximum Gasteiger partial charge on any atom is 0.153 e. The van der Waals surface area contributed by atoms with Gasteiger partial charge in [-0.05, 0) is 30.3 Å². The first-order chi connectivity index (χ1) is 9.78. The quantitative estimate of drug-likeness (QED) is 0.534. The topological polar surface area (TPSA) is 22.1 Å². The fourth-order valence-corrected chi connectivity index (χ4v) is 2.88. The molecule has 0 fully saturated rings. The van der Waals surface area contributed by atoms with Gasteiger partial charge in [0.25, 0.3) is 0 Å². The lowest BCUT2D eigenvalue weighted by molar-refractivity contribution is 0.483. The number of pyridine rings is 1. The Morgan fingerprint density at radius 2 is 1.85 bits per heavy atom. The predicted molar refractivity (Wildman–Crippen MR) is 88.6 cm³/mol. The molecule has 1 heterocycles. The number of hydrogen-bond acceptors (Lipinski definition) is 2. The highest BCUT2D eigenvalue weighted by Gasteiger charge is 2.08. The van der Waals surface area contributed by atoms with Gasteiger partial charge in [0.05, 0.1) is 0 Å². The molecule has 4 heteroatoms. The van der Waals surface area contributed by atoms with Gasteiger partial charge in [0, 0.05) is 26.9 Å². The molecule has 3 aromatic rings. The van der Waals surface area contributed by atoms with E-state index in [0.29, 0.717) is 0 Å². The second kappa shape index (κ2) is 5.94. The molecule has 20 heavy (non-hydrogen) atoms. The molecular formula is C16H11Br2NO. The SMILES string of the molecule is BrCc1cc(Br)ccc1Oc1cccc2cccnc12. The fourth-order valence-electron chi connectivity index (χ4n) is 2.03. The van der Waals surface area contributed by atoms with E-state index < -0.39 is 0 Å². The summed E-state index contributed by atoms with van der Waals surface area (Å²) in [5.41, 5.74) is 1.96. The monoisotopic (exact) mass is 391 g/mol. The molecular weight excluding hydrogens is 382 g/mol.